The van der Waals surface area contributed by atoms with E-state index in [0.717, 1.165) is 56.2 Å². The average Bonchev–Trinajstić information content (AvgIpc) is 3.27. The Balaban J connectivity index is 1.59. The molecular formula is C34H30N3O+. The number of furan rings is 1. The van der Waals surface area contributed by atoms with Crippen molar-refractivity contribution in [3.8, 4) is 22.5 Å². The van der Waals surface area contributed by atoms with Crippen molar-refractivity contribution in [3.05, 3.63) is 102 Å². The number of hydrogen-bond donors (Lipinski definition) is 0. The van der Waals surface area contributed by atoms with Gasteiger partial charge in [0.15, 0.2) is 6.20 Å². The molecule has 0 aliphatic carbocycles. The Bertz CT molecular complexity index is 1920. The van der Waals surface area contributed by atoms with E-state index >= 15 is 0 Å². The molecule has 0 spiro atoms. The van der Waals surface area contributed by atoms with Crippen molar-refractivity contribution in [1.29, 1.82) is 0 Å². The van der Waals surface area contributed by atoms with Gasteiger partial charge in [-0.15, -0.1) is 0 Å². The Morgan fingerprint density at radius 1 is 0.947 bits per heavy atom. The van der Waals surface area contributed by atoms with Gasteiger partial charge in [0, 0.05) is 17.5 Å². The van der Waals surface area contributed by atoms with Crippen LogP contribution in [0, 0.1) is 18.9 Å². The highest BCUT2D eigenvalue weighted by atomic mass is 16.3. The summed E-state index contributed by atoms with van der Waals surface area (Å²) in [5.74, 6) is 0. The zero-order valence-corrected chi connectivity index (χ0v) is 22.5. The van der Waals surface area contributed by atoms with Gasteiger partial charge < -0.3 is 4.42 Å². The summed E-state index contributed by atoms with van der Waals surface area (Å²) in [6, 6.07) is 25.1. The van der Waals surface area contributed by atoms with Crippen LogP contribution in [0.2, 0.25) is 0 Å². The first-order chi connectivity index (χ1) is 18.2. The standard InChI is InChI=1S/C34H30N3O/c1-21-11-14-26-31-28(35-5)19-27(25-13-12-23-9-7-8-10-24(23)18-25)36-33(31)38-32(26)30(21)29-17-22(15-16-37(29)6)20-34(2,3)4/h7-19H,20H2,1-4,6H3/q+1. The third-order valence-electron chi connectivity index (χ3n) is 7.17. The molecular weight excluding hydrogens is 466 g/mol. The maximum atomic E-state index is 7.99. The first-order valence-electron chi connectivity index (χ1n) is 12.9. The first kappa shape index (κ1) is 23.9. The van der Waals surface area contributed by atoms with Crippen LogP contribution in [0.25, 0.3) is 60.2 Å². The minimum absolute atomic E-state index is 0.186. The Morgan fingerprint density at radius 2 is 1.74 bits per heavy atom. The summed E-state index contributed by atoms with van der Waals surface area (Å²) in [5.41, 5.74) is 8.26. The van der Waals surface area contributed by atoms with Crippen LogP contribution in [0.4, 0.5) is 5.69 Å². The van der Waals surface area contributed by atoms with Crippen molar-refractivity contribution in [2.45, 2.75) is 34.1 Å². The van der Waals surface area contributed by atoms with Gasteiger partial charge in [0.25, 0.3) is 0 Å². The summed E-state index contributed by atoms with van der Waals surface area (Å²) >= 11 is 0. The lowest BCUT2D eigenvalue weighted by Crippen LogP contribution is -2.31. The smallest absolute Gasteiger partial charge is 0.217 e. The zero-order chi connectivity index (χ0) is 26.6. The maximum absolute atomic E-state index is 7.99. The second-order valence-corrected chi connectivity index (χ2v) is 11.4. The van der Waals surface area contributed by atoms with Crippen molar-refractivity contribution < 1.29 is 8.98 Å². The fraction of sp³-hybridized carbons (Fsp3) is 0.206. The van der Waals surface area contributed by atoms with Crippen molar-refractivity contribution in [3.63, 3.8) is 0 Å². The van der Waals surface area contributed by atoms with E-state index in [2.05, 4.69) is 105 Å². The van der Waals surface area contributed by atoms with Crippen LogP contribution < -0.4 is 4.57 Å². The second-order valence-electron chi connectivity index (χ2n) is 11.4. The van der Waals surface area contributed by atoms with Crippen molar-refractivity contribution in [2.75, 3.05) is 0 Å². The van der Waals surface area contributed by atoms with Gasteiger partial charge in [0.05, 0.1) is 23.2 Å². The summed E-state index contributed by atoms with van der Waals surface area (Å²) < 4.78 is 8.68. The monoisotopic (exact) mass is 496 g/mol. The summed E-state index contributed by atoms with van der Waals surface area (Å²) in [4.78, 5) is 8.85. The molecule has 0 saturated heterocycles. The molecule has 0 atom stereocenters. The molecule has 0 aliphatic heterocycles. The van der Waals surface area contributed by atoms with E-state index in [1.165, 1.54) is 10.9 Å². The molecule has 0 amide bonds. The zero-order valence-electron chi connectivity index (χ0n) is 22.5. The van der Waals surface area contributed by atoms with Crippen molar-refractivity contribution in [2.24, 2.45) is 12.5 Å². The fourth-order valence-electron chi connectivity index (χ4n) is 5.40. The number of benzene rings is 3. The number of hydrogen-bond acceptors (Lipinski definition) is 2. The van der Waals surface area contributed by atoms with Crippen LogP contribution in [0.3, 0.4) is 0 Å². The van der Waals surface area contributed by atoms with E-state index in [1.54, 1.807) is 0 Å². The van der Waals surface area contributed by atoms with Crippen molar-refractivity contribution in [1.82, 2.24) is 4.98 Å². The molecule has 4 nitrogen and oxygen atoms in total. The molecule has 3 heterocycles. The summed E-state index contributed by atoms with van der Waals surface area (Å²) in [5, 5.41) is 4.01. The van der Waals surface area contributed by atoms with Crippen LogP contribution in [0.5, 0.6) is 0 Å². The van der Waals surface area contributed by atoms with Crippen LogP contribution in [-0.4, -0.2) is 4.98 Å². The van der Waals surface area contributed by atoms with Gasteiger partial charge in [-0.2, -0.15) is 0 Å². The number of fused-ring (bicyclic) bond motifs is 4. The molecule has 0 saturated carbocycles. The second kappa shape index (κ2) is 8.82. The largest absolute Gasteiger partial charge is 0.438 e. The molecule has 0 unspecified atom stereocenters. The van der Waals surface area contributed by atoms with E-state index in [9.17, 15) is 0 Å². The number of pyridine rings is 2. The van der Waals surface area contributed by atoms with Gasteiger partial charge in [-0.05, 0) is 58.4 Å². The lowest BCUT2D eigenvalue weighted by molar-refractivity contribution is -0.660. The van der Waals surface area contributed by atoms with Crippen LogP contribution >= 0.6 is 0 Å². The Morgan fingerprint density at radius 3 is 2.50 bits per heavy atom. The Hall–Kier alpha value is -4.49. The van der Waals surface area contributed by atoms with E-state index < -0.39 is 0 Å². The van der Waals surface area contributed by atoms with Gasteiger partial charge in [0.2, 0.25) is 17.1 Å². The van der Waals surface area contributed by atoms with E-state index in [0.29, 0.717) is 11.4 Å². The van der Waals surface area contributed by atoms with E-state index in [1.807, 2.05) is 18.2 Å². The highest BCUT2D eigenvalue weighted by Crippen LogP contribution is 2.42. The SMILES string of the molecule is [C-]#[N+]c1cc(-c2ccc3ccccc3c2)nc2oc3c(-c4cc(CC(C)(C)C)cc[n+]4C)c(C)ccc3c12. The third kappa shape index (κ3) is 4.11. The molecule has 3 aromatic heterocycles. The highest BCUT2D eigenvalue weighted by Gasteiger charge is 2.24. The van der Waals surface area contributed by atoms with E-state index in [-0.39, 0.29) is 5.41 Å². The topological polar surface area (TPSA) is 34.3 Å². The maximum Gasteiger partial charge on any atom is 0.217 e. The molecule has 6 rings (SSSR count). The van der Waals surface area contributed by atoms with Gasteiger partial charge in [-0.3, -0.25) is 0 Å². The lowest BCUT2D eigenvalue weighted by atomic mass is 9.88. The summed E-state index contributed by atoms with van der Waals surface area (Å²) in [7, 11) is 2.07. The van der Waals surface area contributed by atoms with Gasteiger partial charge in [-0.1, -0.05) is 69.3 Å². The normalized spacial score (nSPS) is 11.9. The Kier molecular flexibility index (Phi) is 5.54. The van der Waals surface area contributed by atoms with E-state index in [4.69, 9.17) is 16.0 Å². The molecule has 4 heteroatoms. The quantitative estimate of drug-likeness (QED) is 0.181. The molecule has 38 heavy (non-hydrogen) atoms. The van der Waals surface area contributed by atoms with Gasteiger partial charge >= 0.3 is 0 Å². The van der Waals surface area contributed by atoms with Crippen molar-refractivity contribution >= 4 is 38.5 Å². The minimum atomic E-state index is 0.186. The van der Waals surface area contributed by atoms with Gasteiger partial charge in [0.1, 0.15) is 12.6 Å². The number of aryl methyl sites for hydroxylation is 2. The van der Waals surface area contributed by atoms with Crippen LogP contribution in [0.1, 0.15) is 31.9 Å². The Labute approximate surface area is 223 Å². The molecule has 0 aliphatic rings. The van der Waals surface area contributed by atoms with Crippen LogP contribution in [0.15, 0.2) is 83.4 Å². The molecule has 3 aromatic carbocycles. The number of aromatic nitrogens is 2. The number of nitrogens with zero attached hydrogens (tertiary/aromatic N) is 3. The molecule has 0 radical (unpaired) electrons. The summed E-state index contributed by atoms with van der Waals surface area (Å²) in [6.45, 7) is 16.9. The highest BCUT2D eigenvalue weighted by molar-refractivity contribution is 6.14. The fourth-order valence-corrected chi connectivity index (χ4v) is 5.40. The number of rotatable bonds is 3. The minimum Gasteiger partial charge on any atom is -0.438 e. The molecule has 0 bridgehead atoms. The lowest BCUT2D eigenvalue weighted by Gasteiger charge is -2.18. The van der Waals surface area contributed by atoms with Crippen LogP contribution in [-0.2, 0) is 13.5 Å². The predicted molar refractivity (Wildman–Crippen MR) is 155 cm³/mol. The third-order valence-corrected chi connectivity index (χ3v) is 7.17. The summed E-state index contributed by atoms with van der Waals surface area (Å²) in [6.07, 6.45) is 3.10. The molecule has 186 valence electrons. The average molecular weight is 497 g/mol. The molecule has 0 fully saturated rings. The predicted octanol–water partition coefficient (Wildman–Crippen LogP) is 8.74. The molecule has 6 aromatic rings. The molecule has 0 N–H and O–H groups in total. The first-order valence-corrected chi connectivity index (χ1v) is 12.9. The van der Waals surface area contributed by atoms with Gasteiger partial charge in [-0.25, -0.2) is 14.4 Å².